The van der Waals surface area contributed by atoms with Crippen LogP contribution in [0.15, 0.2) is 40.1 Å². The summed E-state index contributed by atoms with van der Waals surface area (Å²) in [7, 11) is 0. The zero-order valence-electron chi connectivity index (χ0n) is 8.68. The summed E-state index contributed by atoms with van der Waals surface area (Å²) < 4.78 is 0. The van der Waals surface area contributed by atoms with E-state index in [1.165, 1.54) is 11.8 Å². The molecule has 0 atom stereocenters. The van der Waals surface area contributed by atoms with Crippen molar-refractivity contribution in [2.75, 3.05) is 0 Å². The van der Waals surface area contributed by atoms with E-state index in [0.717, 1.165) is 9.79 Å². The molecule has 0 N–H and O–H groups in total. The van der Waals surface area contributed by atoms with E-state index in [4.69, 9.17) is 58.0 Å². The average molecular weight is 359 g/mol. The van der Waals surface area contributed by atoms with Crippen LogP contribution in [0.3, 0.4) is 0 Å². The van der Waals surface area contributed by atoms with Gasteiger partial charge in [0.15, 0.2) is 0 Å². The summed E-state index contributed by atoms with van der Waals surface area (Å²) in [6.07, 6.45) is 0. The molecule has 0 aliphatic carbocycles. The second kappa shape index (κ2) is 6.13. The topological polar surface area (TPSA) is 0 Å². The first-order chi connectivity index (χ1) is 8.49. The van der Waals surface area contributed by atoms with Gasteiger partial charge in [0.2, 0.25) is 0 Å². The standard InChI is InChI=1S/C12H5Cl5S/c13-6-1-3-9(8(15)5-6)18-10-4-2-7(14)11(16)12(10)17/h1-5H. The zero-order valence-corrected chi connectivity index (χ0v) is 13.3. The summed E-state index contributed by atoms with van der Waals surface area (Å²) in [6.45, 7) is 0. The van der Waals surface area contributed by atoms with Crippen molar-refractivity contribution in [1.29, 1.82) is 0 Å². The van der Waals surface area contributed by atoms with Crippen LogP contribution in [0.5, 0.6) is 0 Å². The molecule has 94 valence electrons. The highest BCUT2D eigenvalue weighted by Gasteiger charge is 2.11. The van der Waals surface area contributed by atoms with Crippen molar-refractivity contribution in [3.05, 3.63) is 55.4 Å². The van der Waals surface area contributed by atoms with Crippen LogP contribution in [-0.2, 0) is 0 Å². The molecule has 0 saturated heterocycles. The number of benzene rings is 2. The van der Waals surface area contributed by atoms with E-state index >= 15 is 0 Å². The van der Waals surface area contributed by atoms with Crippen molar-refractivity contribution in [1.82, 2.24) is 0 Å². The Morgan fingerprint density at radius 1 is 0.667 bits per heavy atom. The molecule has 18 heavy (non-hydrogen) atoms. The lowest BCUT2D eigenvalue weighted by molar-refractivity contribution is 1.40. The number of halogens is 5. The summed E-state index contributed by atoms with van der Waals surface area (Å²) >= 11 is 31.3. The van der Waals surface area contributed by atoms with Crippen LogP contribution < -0.4 is 0 Å². The maximum absolute atomic E-state index is 6.13. The Balaban J connectivity index is 2.37. The van der Waals surface area contributed by atoms with Crippen molar-refractivity contribution in [2.24, 2.45) is 0 Å². The molecular formula is C12H5Cl5S. The first-order valence-electron chi connectivity index (χ1n) is 4.75. The lowest BCUT2D eigenvalue weighted by atomic mass is 10.3. The summed E-state index contributed by atoms with van der Waals surface area (Å²) in [5.41, 5.74) is 0. The molecule has 0 aliphatic rings. The van der Waals surface area contributed by atoms with Crippen LogP contribution in [0, 0.1) is 0 Å². The summed E-state index contributed by atoms with van der Waals surface area (Å²) in [6, 6.07) is 8.76. The van der Waals surface area contributed by atoms with Crippen molar-refractivity contribution < 1.29 is 0 Å². The Bertz CT molecular complexity index is 597. The third-order valence-corrected chi connectivity index (χ3v) is 5.32. The van der Waals surface area contributed by atoms with Gasteiger partial charge in [-0.2, -0.15) is 0 Å². The monoisotopic (exact) mass is 356 g/mol. The smallest absolute Gasteiger partial charge is 0.0790 e. The van der Waals surface area contributed by atoms with E-state index in [2.05, 4.69) is 0 Å². The van der Waals surface area contributed by atoms with Crippen LogP contribution in [0.25, 0.3) is 0 Å². The van der Waals surface area contributed by atoms with E-state index in [9.17, 15) is 0 Å². The molecule has 2 aromatic carbocycles. The number of rotatable bonds is 2. The lowest BCUT2D eigenvalue weighted by Gasteiger charge is -2.08. The van der Waals surface area contributed by atoms with Crippen LogP contribution in [-0.4, -0.2) is 0 Å². The molecule has 0 radical (unpaired) electrons. The van der Waals surface area contributed by atoms with Crippen LogP contribution in [0.2, 0.25) is 25.1 Å². The van der Waals surface area contributed by atoms with Gasteiger partial charge in [0, 0.05) is 14.8 Å². The van der Waals surface area contributed by atoms with Crippen molar-refractivity contribution in [3.63, 3.8) is 0 Å². The van der Waals surface area contributed by atoms with Gasteiger partial charge in [0.25, 0.3) is 0 Å². The minimum atomic E-state index is 0.341. The molecule has 0 nitrogen and oxygen atoms in total. The fourth-order valence-corrected chi connectivity index (χ4v) is 3.35. The molecule has 0 fully saturated rings. The predicted octanol–water partition coefficient (Wildman–Crippen LogP) is 7.10. The zero-order chi connectivity index (χ0) is 13.3. The molecule has 2 rings (SSSR count). The van der Waals surface area contributed by atoms with Gasteiger partial charge in [-0.1, -0.05) is 69.8 Å². The highest BCUT2D eigenvalue weighted by molar-refractivity contribution is 7.99. The van der Waals surface area contributed by atoms with Crippen molar-refractivity contribution in [2.45, 2.75) is 9.79 Å². The van der Waals surface area contributed by atoms with Crippen molar-refractivity contribution >= 4 is 69.8 Å². The molecule has 0 heterocycles. The molecule has 0 aliphatic heterocycles. The van der Waals surface area contributed by atoms with E-state index in [1.807, 2.05) is 6.07 Å². The summed E-state index contributed by atoms with van der Waals surface area (Å²) in [5, 5.41) is 2.33. The van der Waals surface area contributed by atoms with E-state index in [1.54, 1.807) is 24.3 Å². The van der Waals surface area contributed by atoms with E-state index < -0.39 is 0 Å². The fraction of sp³-hybridized carbons (Fsp3) is 0. The van der Waals surface area contributed by atoms with Crippen molar-refractivity contribution in [3.8, 4) is 0 Å². The maximum atomic E-state index is 6.13. The second-order valence-corrected chi connectivity index (χ2v) is 6.44. The minimum absolute atomic E-state index is 0.341. The maximum Gasteiger partial charge on any atom is 0.0790 e. The van der Waals surface area contributed by atoms with Crippen LogP contribution in [0.4, 0.5) is 0 Å². The molecule has 0 aromatic heterocycles. The highest BCUT2D eigenvalue weighted by atomic mass is 35.5. The molecule has 0 saturated carbocycles. The molecule has 0 bridgehead atoms. The fourth-order valence-electron chi connectivity index (χ4n) is 1.26. The van der Waals surface area contributed by atoms with Gasteiger partial charge in [-0.25, -0.2) is 0 Å². The number of hydrogen-bond donors (Lipinski definition) is 0. The van der Waals surface area contributed by atoms with Gasteiger partial charge in [-0.15, -0.1) is 0 Å². The SMILES string of the molecule is Clc1ccc(Sc2ccc(Cl)c(Cl)c2Cl)c(Cl)c1. The Kier molecular flexibility index (Phi) is 4.99. The van der Waals surface area contributed by atoms with Gasteiger partial charge < -0.3 is 0 Å². The molecule has 0 spiro atoms. The Hall–Kier alpha value is 0.240. The predicted molar refractivity (Wildman–Crippen MR) is 82.1 cm³/mol. The Labute approximate surface area is 134 Å². The van der Waals surface area contributed by atoms with E-state index in [-0.39, 0.29) is 0 Å². The van der Waals surface area contributed by atoms with Gasteiger partial charge >= 0.3 is 0 Å². The first-order valence-corrected chi connectivity index (χ1v) is 7.46. The molecular weight excluding hydrogens is 353 g/mol. The lowest BCUT2D eigenvalue weighted by Crippen LogP contribution is -1.80. The minimum Gasteiger partial charge on any atom is -0.0869 e. The van der Waals surface area contributed by atoms with Crippen LogP contribution >= 0.6 is 69.8 Å². The quantitative estimate of drug-likeness (QED) is 0.516. The second-order valence-electron chi connectivity index (χ2n) is 3.35. The van der Waals surface area contributed by atoms with Crippen LogP contribution in [0.1, 0.15) is 0 Å². The largest absolute Gasteiger partial charge is 0.0869 e. The van der Waals surface area contributed by atoms with Gasteiger partial charge in [-0.3, -0.25) is 0 Å². The molecule has 0 amide bonds. The summed E-state index contributed by atoms with van der Waals surface area (Å²) in [4.78, 5) is 1.64. The average Bonchev–Trinajstić information content (AvgIpc) is 2.33. The molecule has 2 aromatic rings. The Morgan fingerprint density at radius 2 is 1.33 bits per heavy atom. The highest BCUT2D eigenvalue weighted by Crippen LogP contribution is 2.42. The van der Waals surface area contributed by atoms with Gasteiger partial charge in [0.05, 0.1) is 20.1 Å². The Morgan fingerprint density at radius 3 is 2.00 bits per heavy atom. The first kappa shape index (κ1) is 14.6. The van der Waals surface area contributed by atoms with Gasteiger partial charge in [-0.05, 0) is 30.3 Å². The third kappa shape index (κ3) is 3.22. The molecule has 0 unspecified atom stereocenters. The number of hydrogen-bond acceptors (Lipinski definition) is 1. The van der Waals surface area contributed by atoms with E-state index in [0.29, 0.717) is 25.1 Å². The summed E-state index contributed by atoms with van der Waals surface area (Å²) in [5.74, 6) is 0. The third-order valence-electron chi connectivity index (χ3n) is 2.11. The normalized spacial score (nSPS) is 10.7. The molecule has 6 heteroatoms. The van der Waals surface area contributed by atoms with Gasteiger partial charge in [0.1, 0.15) is 0 Å².